The molecule has 130 valence electrons. The van der Waals surface area contributed by atoms with Crippen molar-refractivity contribution in [3.63, 3.8) is 0 Å². The smallest absolute Gasteiger partial charge is 0.260 e. The van der Waals surface area contributed by atoms with Crippen molar-refractivity contribution in [2.75, 3.05) is 5.32 Å². The number of carbonyl (C=O) groups excluding carboxylic acids is 1. The van der Waals surface area contributed by atoms with Crippen molar-refractivity contribution < 1.29 is 4.79 Å². The molecule has 6 nitrogen and oxygen atoms in total. The van der Waals surface area contributed by atoms with Crippen LogP contribution in [0.1, 0.15) is 34.8 Å². The Labute approximate surface area is 153 Å². The number of nitrogens with zero attached hydrogens (tertiary/aromatic N) is 1. The van der Waals surface area contributed by atoms with Crippen LogP contribution in [0.5, 0.6) is 0 Å². The number of rotatable bonds is 4. The predicted octanol–water partition coefficient (Wildman–Crippen LogP) is 3.39. The Kier molecular flexibility index (Phi) is 4.30. The Morgan fingerprint density at radius 2 is 2.08 bits per heavy atom. The molecule has 3 rings (SSSR count). The van der Waals surface area contributed by atoms with Gasteiger partial charge in [0.25, 0.3) is 11.5 Å². The number of nitrogens with two attached hydrogens (primary N) is 1. The molecule has 0 aliphatic carbocycles. The number of amides is 1. The van der Waals surface area contributed by atoms with Crippen molar-refractivity contribution in [2.45, 2.75) is 26.3 Å². The van der Waals surface area contributed by atoms with E-state index in [1.165, 1.54) is 11.3 Å². The molecule has 0 spiro atoms. The highest BCUT2D eigenvalue weighted by molar-refractivity contribution is 7.17. The molecule has 0 bridgehead atoms. The molecule has 0 saturated heterocycles. The molecule has 4 N–H and O–H groups in total. The summed E-state index contributed by atoms with van der Waals surface area (Å²) in [5.74, 6) is -0.515. The second-order valence-electron chi connectivity index (χ2n) is 6.29. The third-order valence-corrected chi connectivity index (χ3v) is 5.24. The van der Waals surface area contributed by atoms with Gasteiger partial charge in [-0.3, -0.25) is 9.59 Å². The van der Waals surface area contributed by atoms with E-state index < -0.39 is 11.4 Å². The van der Waals surface area contributed by atoms with Crippen LogP contribution < -0.4 is 16.6 Å². The quantitative estimate of drug-likeness (QED) is 0.649. The fraction of sp³-hybridized carbons (Fsp3) is 0.235. The number of aromatic amines is 1. The first kappa shape index (κ1) is 17.4. The fourth-order valence-electron chi connectivity index (χ4n) is 2.65. The number of primary amides is 1. The third-order valence-electron chi connectivity index (χ3n) is 3.92. The molecule has 8 heteroatoms. The summed E-state index contributed by atoms with van der Waals surface area (Å²) in [5, 5.41) is 5.18. The molecule has 25 heavy (non-hydrogen) atoms. The molecule has 0 fully saturated rings. The maximum absolute atomic E-state index is 12.5. The number of thiazole rings is 1. The summed E-state index contributed by atoms with van der Waals surface area (Å²) >= 11 is 7.22. The number of aromatic nitrogens is 2. The van der Waals surface area contributed by atoms with Gasteiger partial charge in [-0.25, -0.2) is 4.98 Å². The highest BCUT2D eigenvalue weighted by Crippen LogP contribution is 2.29. The van der Waals surface area contributed by atoms with Gasteiger partial charge in [0.2, 0.25) is 0 Å². The van der Waals surface area contributed by atoms with E-state index in [1.807, 2.05) is 19.9 Å². The van der Waals surface area contributed by atoms with E-state index in [0.717, 1.165) is 10.9 Å². The monoisotopic (exact) mass is 376 g/mol. The van der Waals surface area contributed by atoms with E-state index in [9.17, 15) is 9.59 Å². The number of aryl methyl sites for hydroxylation is 1. The van der Waals surface area contributed by atoms with Gasteiger partial charge in [-0.05, 0) is 45.0 Å². The minimum atomic E-state index is -0.719. The van der Waals surface area contributed by atoms with E-state index in [0.29, 0.717) is 26.3 Å². The second-order valence-corrected chi connectivity index (χ2v) is 7.73. The Balaban J connectivity index is 2.03. The molecule has 2 heterocycles. The van der Waals surface area contributed by atoms with Crippen LogP contribution in [-0.4, -0.2) is 15.9 Å². The lowest BCUT2D eigenvalue weighted by Crippen LogP contribution is -2.34. The van der Waals surface area contributed by atoms with Gasteiger partial charge in [0.05, 0.1) is 11.2 Å². The van der Waals surface area contributed by atoms with Crippen molar-refractivity contribution in [3.8, 4) is 0 Å². The summed E-state index contributed by atoms with van der Waals surface area (Å²) in [5.41, 5.74) is 6.24. The third kappa shape index (κ3) is 3.38. The summed E-state index contributed by atoms with van der Waals surface area (Å²) < 4.78 is 0. The molecule has 0 aliphatic heterocycles. The lowest BCUT2D eigenvalue weighted by molar-refractivity contribution is 0.100. The molecule has 0 radical (unpaired) electrons. The lowest BCUT2D eigenvalue weighted by atomic mass is 9.94. The highest BCUT2D eigenvalue weighted by Gasteiger charge is 2.26. The van der Waals surface area contributed by atoms with Crippen molar-refractivity contribution in [1.82, 2.24) is 9.97 Å². The number of hydrogen-bond donors (Lipinski definition) is 3. The standard InChI is InChI=1S/C17H17ClN4O2S/c1-8-13(14(19)23)25-16(20-8)22-17(2,3)11-7-9-6-10(18)4-5-12(9)21-15(11)24/h4-7H,1-3H3,(H2,19,23)(H,20,22)(H,21,24). The number of hydrogen-bond acceptors (Lipinski definition) is 5. The lowest BCUT2D eigenvalue weighted by Gasteiger charge is -2.26. The minimum Gasteiger partial charge on any atom is -0.365 e. The second kappa shape index (κ2) is 6.16. The minimum absolute atomic E-state index is 0.198. The predicted molar refractivity (Wildman–Crippen MR) is 102 cm³/mol. The Morgan fingerprint density at radius 3 is 2.72 bits per heavy atom. The van der Waals surface area contributed by atoms with Crippen LogP contribution in [0.4, 0.5) is 5.13 Å². The fourth-order valence-corrected chi connectivity index (χ4v) is 3.81. The molecular weight excluding hydrogens is 360 g/mol. The van der Waals surface area contributed by atoms with Crippen molar-refractivity contribution in [3.05, 3.63) is 55.8 Å². The largest absolute Gasteiger partial charge is 0.365 e. The van der Waals surface area contributed by atoms with Gasteiger partial charge in [0, 0.05) is 21.5 Å². The summed E-state index contributed by atoms with van der Waals surface area (Å²) in [6, 6.07) is 7.10. The first-order valence-electron chi connectivity index (χ1n) is 7.56. The molecule has 0 atom stereocenters. The topological polar surface area (TPSA) is 101 Å². The summed E-state index contributed by atoms with van der Waals surface area (Å²) in [7, 11) is 0. The van der Waals surface area contributed by atoms with E-state index >= 15 is 0 Å². The molecular formula is C17H17ClN4O2S. The van der Waals surface area contributed by atoms with Crippen molar-refractivity contribution >= 4 is 44.9 Å². The average Bonchev–Trinajstić information content (AvgIpc) is 2.86. The van der Waals surface area contributed by atoms with Gasteiger partial charge in [-0.1, -0.05) is 22.9 Å². The Morgan fingerprint density at radius 1 is 1.36 bits per heavy atom. The van der Waals surface area contributed by atoms with Gasteiger partial charge in [-0.15, -0.1) is 0 Å². The van der Waals surface area contributed by atoms with Crippen LogP contribution in [0, 0.1) is 6.92 Å². The van der Waals surface area contributed by atoms with Crippen molar-refractivity contribution in [1.29, 1.82) is 0 Å². The summed E-state index contributed by atoms with van der Waals surface area (Å²) in [4.78, 5) is 31.5. The average molecular weight is 377 g/mol. The number of halogens is 1. The Hall–Kier alpha value is -2.38. The van der Waals surface area contributed by atoms with Gasteiger partial charge < -0.3 is 16.0 Å². The number of anilines is 1. The zero-order valence-corrected chi connectivity index (χ0v) is 15.5. The van der Waals surface area contributed by atoms with Crippen LogP contribution in [0.2, 0.25) is 5.02 Å². The van der Waals surface area contributed by atoms with Crippen LogP contribution in [0.3, 0.4) is 0 Å². The molecule has 2 aromatic heterocycles. The van der Waals surface area contributed by atoms with Gasteiger partial charge >= 0.3 is 0 Å². The number of nitrogens with one attached hydrogen (secondary N) is 2. The zero-order valence-electron chi connectivity index (χ0n) is 13.9. The van der Waals surface area contributed by atoms with E-state index in [1.54, 1.807) is 25.1 Å². The van der Waals surface area contributed by atoms with Gasteiger partial charge in [0.1, 0.15) is 4.88 Å². The van der Waals surface area contributed by atoms with Crippen LogP contribution in [0.15, 0.2) is 29.1 Å². The maximum atomic E-state index is 12.5. The van der Waals surface area contributed by atoms with Crippen LogP contribution >= 0.6 is 22.9 Å². The van der Waals surface area contributed by atoms with E-state index in [4.69, 9.17) is 17.3 Å². The van der Waals surface area contributed by atoms with Crippen LogP contribution in [-0.2, 0) is 5.54 Å². The Bertz CT molecular complexity index is 1040. The maximum Gasteiger partial charge on any atom is 0.260 e. The summed E-state index contributed by atoms with van der Waals surface area (Å²) in [6.07, 6.45) is 0. The molecule has 3 aromatic rings. The molecule has 1 aromatic carbocycles. The van der Waals surface area contributed by atoms with Crippen LogP contribution in [0.25, 0.3) is 10.9 Å². The normalized spacial score (nSPS) is 11.7. The first-order valence-corrected chi connectivity index (χ1v) is 8.75. The number of H-pyrrole nitrogens is 1. The number of carbonyl (C=O) groups is 1. The van der Waals surface area contributed by atoms with Crippen molar-refractivity contribution in [2.24, 2.45) is 5.73 Å². The first-order chi connectivity index (χ1) is 11.7. The highest BCUT2D eigenvalue weighted by atomic mass is 35.5. The molecule has 1 amide bonds. The van der Waals surface area contributed by atoms with E-state index in [2.05, 4.69) is 15.3 Å². The number of fused-ring (bicyclic) bond motifs is 1. The van der Waals surface area contributed by atoms with Gasteiger partial charge in [-0.2, -0.15) is 0 Å². The molecule has 0 unspecified atom stereocenters. The summed E-state index contributed by atoms with van der Waals surface area (Å²) in [6.45, 7) is 5.46. The number of pyridine rings is 1. The van der Waals surface area contributed by atoms with Gasteiger partial charge in [0.15, 0.2) is 5.13 Å². The molecule has 0 aliphatic rings. The van der Waals surface area contributed by atoms with E-state index in [-0.39, 0.29) is 5.56 Å². The molecule has 0 saturated carbocycles. The zero-order chi connectivity index (χ0) is 18.4. The number of benzene rings is 1. The SMILES string of the molecule is Cc1nc(NC(C)(C)c2cc3cc(Cl)ccc3[nH]c2=O)sc1C(N)=O.